The van der Waals surface area contributed by atoms with Gasteiger partial charge in [-0.1, -0.05) is 13.8 Å². The number of aryl methyl sites for hydroxylation is 1. The molecular formula is C14H24N4O. The van der Waals surface area contributed by atoms with Gasteiger partial charge in [0.15, 0.2) is 0 Å². The largest absolute Gasteiger partial charge is 0.398 e. The number of nitrogens with two attached hydrogens (primary N) is 1. The van der Waals surface area contributed by atoms with Crippen LogP contribution in [-0.4, -0.2) is 42.5 Å². The van der Waals surface area contributed by atoms with Crippen molar-refractivity contribution < 1.29 is 4.79 Å². The van der Waals surface area contributed by atoms with Crippen molar-refractivity contribution in [1.29, 1.82) is 0 Å². The van der Waals surface area contributed by atoms with E-state index >= 15 is 0 Å². The Morgan fingerprint density at radius 3 is 2.58 bits per heavy atom. The second kappa shape index (κ2) is 6.52. The Balaban J connectivity index is 2.81. The highest BCUT2D eigenvalue weighted by Gasteiger charge is 2.19. The minimum absolute atomic E-state index is 0.0863. The topological polar surface area (TPSA) is 71.2 Å². The molecule has 0 fully saturated rings. The number of nitrogens with zero attached hydrogens (tertiary/aromatic N) is 2. The molecule has 106 valence electrons. The third-order valence-electron chi connectivity index (χ3n) is 3.00. The number of nitrogen functional groups attached to an aromatic ring is 1. The van der Waals surface area contributed by atoms with Gasteiger partial charge < -0.3 is 16.0 Å². The zero-order chi connectivity index (χ0) is 14.6. The monoisotopic (exact) mass is 264 g/mol. The molecule has 0 aromatic carbocycles. The molecule has 3 N–H and O–H groups in total. The third-order valence-corrected chi connectivity index (χ3v) is 3.00. The molecule has 0 radical (unpaired) electrons. The van der Waals surface area contributed by atoms with Crippen LogP contribution in [0.3, 0.4) is 0 Å². The smallest absolute Gasteiger partial charge is 0.255 e. The van der Waals surface area contributed by atoms with Gasteiger partial charge in [-0.2, -0.15) is 0 Å². The number of anilines is 1. The maximum atomic E-state index is 12.2. The molecule has 1 aromatic heterocycles. The molecule has 1 amide bonds. The van der Waals surface area contributed by atoms with Gasteiger partial charge in [-0.15, -0.1) is 0 Å². The van der Waals surface area contributed by atoms with Crippen molar-refractivity contribution in [3.05, 3.63) is 23.5 Å². The molecule has 0 spiro atoms. The van der Waals surface area contributed by atoms with E-state index in [1.807, 2.05) is 21.0 Å². The van der Waals surface area contributed by atoms with E-state index in [-0.39, 0.29) is 11.9 Å². The van der Waals surface area contributed by atoms with Crippen LogP contribution in [0.1, 0.15) is 29.9 Å². The van der Waals surface area contributed by atoms with Crippen LogP contribution in [0.2, 0.25) is 0 Å². The third kappa shape index (κ3) is 4.52. The van der Waals surface area contributed by atoms with Gasteiger partial charge in [-0.05, 0) is 33.0 Å². The predicted octanol–water partition coefficient (Wildman–Crippen LogP) is 1.29. The van der Waals surface area contributed by atoms with Crippen molar-refractivity contribution in [3.63, 3.8) is 0 Å². The summed E-state index contributed by atoms with van der Waals surface area (Å²) in [5, 5.41) is 3.02. The number of carbonyl (C=O) groups is 1. The van der Waals surface area contributed by atoms with Gasteiger partial charge in [0.05, 0.1) is 5.56 Å². The van der Waals surface area contributed by atoms with Crippen LogP contribution < -0.4 is 11.1 Å². The average Bonchev–Trinajstić information content (AvgIpc) is 2.26. The minimum Gasteiger partial charge on any atom is -0.398 e. The maximum Gasteiger partial charge on any atom is 0.255 e. The minimum atomic E-state index is -0.162. The number of amides is 1. The molecule has 5 nitrogen and oxygen atoms in total. The summed E-state index contributed by atoms with van der Waals surface area (Å²) >= 11 is 0. The zero-order valence-electron chi connectivity index (χ0n) is 12.4. The number of pyridine rings is 1. The Bertz CT molecular complexity index is 443. The lowest BCUT2D eigenvalue weighted by molar-refractivity contribution is 0.0917. The van der Waals surface area contributed by atoms with Crippen LogP contribution in [0.5, 0.6) is 0 Å². The average molecular weight is 264 g/mol. The SMILES string of the molecule is Cc1cc(N)c(C(=O)NC(CN(C)C)C(C)C)cn1. The zero-order valence-corrected chi connectivity index (χ0v) is 12.4. The van der Waals surface area contributed by atoms with Crippen molar-refractivity contribution in [2.45, 2.75) is 26.8 Å². The highest BCUT2D eigenvalue weighted by molar-refractivity contribution is 5.99. The van der Waals surface area contributed by atoms with Crippen molar-refractivity contribution >= 4 is 11.6 Å². The Labute approximate surface area is 115 Å². The summed E-state index contributed by atoms with van der Waals surface area (Å²) in [7, 11) is 3.98. The number of hydrogen-bond acceptors (Lipinski definition) is 4. The molecule has 1 aromatic rings. The first-order chi connectivity index (χ1) is 8.81. The van der Waals surface area contributed by atoms with Gasteiger partial charge in [0.1, 0.15) is 0 Å². The number of likely N-dealkylation sites (N-methyl/N-ethyl adjacent to an activating group) is 1. The lowest BCUT2D eigenvalue weighted by Gasteiger charge is -2.25. The van der Waals surface area contributed by atoms with E-state index in [1.165, 1.54) is 6.20 Å². The first kappa shape index (κ1) is 15.4. The molecule has 0 aliphatic rings. The van der Waals surface area contributed by atoms with Gasteiger partial charge in [0.25, 0.3) is 5.91 Å². The number of aromatic nitrogens is 1. The molecule has 0 saturated heterocycles. The fraction of sp³-hybridized carbons (Fsp3) is 0.571. The van der Waals surface area contributed by atoms with Crippen LogP contribution in [0.4, 0.5) is 5.69 Å². The fourth-order valence-electron chi connectivity index (χ4n) is 1.83. The van der Waals surface area contributed by atoms with Crippen molar-refractivity contribution in [3.8, 4) is 0 Å². The molecule has 1 rings (SSSR count). The molecule has 0 bridgehead atoms. The van der Waals surface area contributed by atoms with Crippen LogP contribution >= 0.6 is 0 Å². The van der Waals surface area contributed by atoms with E-state index in [0.717, 1.165) is 12.2 Å². The summed E-state index contributed by atoms with van der Waals surface area (Å²) in [5.41, 5.74) is 7.58. The number of hydrogen-bond donors (Lipinski definition) is 2. The quantitative estimate of drug-likeness (QED) is 0.840. The highest BCUT2D eigenvalue weighted by atomic mass is 16.1. The number of rotatable bonds is 5. The van der Waals surface area contributed by atoms with Crippen LogP contribution in [-0.2, 0) is 0 Å². The van der Waals surface area contributed by atoms with Crippen molar-refractivity contribution in [1.82, 2.24) is 15.2 Å². The van der Waals surface area contributed by atoms with E-state index in [9.17, 15) is 4.79 Å². The summed E-state index contributed by atoms with van der Waals surface area (Å²) in [6, 6.07) is 1.80. The van der Waals surface area contributed by atoms with E-state index in [1.54, 1.807) is 6.07 Å². The molecule has 1 atom stereocenters. The molecule has 19 heavy (non-hydrogen) atoms. The number of nitrogens with one attached hydrogen (secondary N) is 1. The summed E-state index contributed by atoms with van der Waals surface area (Å²) in [4.78, 5) is 18.4. The first-order valence-corrected chi connectivity index (χ1v) is 6.49. The van der Waals surface area contributed by atoms with E-state index < -0.39 is 0 Å². The second-order valence-corrected chi connectivity index (χ2v) is 5.50. The van der Waals surface area contributed by atoms with Gasteiger partial charge >= 0.3 is 0 Å². The van der Waals surface area contributed by atoms with E-state index in [4.69, 9.17) is 5.73 Å². The Hall–Kier alpha value is -1.62. The van der Waals surface area contributed by atoms with Crippen LogP contribution in [0, 0.1) is 12.8 Å². The lowest BCUT2D eigenvalue weighted by atomic mass is 10.0. The fourth-order valence-corrected chi connectivity index (χ4v) is 1.83. The predicted molar refractivity (Wildman–Crippen MR) is 78.0 cm³/mol. The Morgan fingerprint density at radius 1 is 1.47 bits per heavy atom. The maximum absolute atomic E-state index is 12.2. The van der Waals surface area contributed by atoms with Crippen molar-refractivity contribution in [2.24, 2.45) is 5.92 Å². The van der Waals surface area contributed by atoms with E-state index in [0.29, 0.717) is 17.2 Å². The molecule has 0 aliphatic heterocycles. The standard InChI is InChI=1S/C14H24N4O/c1-9(2)13(8-18(4)5)17-14(19)11-7-16-10(3)6-12(11)15/h6-7,9,13H,8H2,1-5H3,(H2,15,16)(H,17,19). The van der Waals surface area contributed by atoms with Crippen LogP contribution in [0.15, 0.2) is 12.3 Å². The number of carbonyl (C=O) groups excluding carboxylic acids is 1. The normalized spacial score (nSPS) is 12.8. The van der Waals surface area contributed by atoms with Gasteiger partial charge in [-0.3, -0.25) is 9.78 Å². The van der Waals surface area contributed by atoms with Gasteiger partial charge in [-0.25, -0.2) is 0 Å². The summed E-state index contributed by atoms with van der Waals surface area (Å²) < 4.78 is 0. The van der Waals surface area contributed by atoms with Crippen molar-refractivity contribution in [2.75, 3.05) is 26.4 Å². The molecule has 0 aliphatic carbocycles. The second-order valence-electron chi connectivity index (χ2n) is 5.50. The van der Waals surface area contributed by atoms with E-state index in [2.05, 4.69) is 29.0 Å². The Morgan fingerprint density at radius 2 is 2.11 bits per heavy atom. The van der Waals surface area contributed by atoms with Gasteiger partial charge in [0, 0.05) is 30.2 Å². The molecule has 5 heteroatoms. The first-order valence-electron chi connectivity index (χ1n) is 6.49. The Kier molecular flexibility index (Phi) is 5.30. The highest BCUT2D eigenvalue weighted by Crippen LogP contribution is 2.12. The van der Waals surface area contributed by atoms with Crippen LogP contribution in [0.25, 0.3) is 0 Å². The molecule has 0 saturated carbocycles. The summed E-state index contributed by atoms with van der Waals surface area (Å²) in [6.45, 7) is 6.82. The molecular weight excluding hydrogens is 240 g/mol. The van der Waals surface area contributed by atoms with Gasteiger partial charge in [0.2, 0.25) is 0 Å². The summed E-state index contributed by atoms with van der Waals surface area (Å²) in [6.07, 6.45) is 1.53. The molecule has 1 heterocycles. The molecule has 1 unspecified atom stereocenters. The lowest BCUT2D eigenvalue weighted by Crippen LogP contribution is -2.45. The summed E-state index contributed by atoms with van der Waals surface area (Å²) in [5.74, 6) is 0.191.